The van der Waals surface area contributed by atoms with Crippen molar-refractivity contribution in [2.75, 3.05) is 34.5 Å². The van der Waals surface area contributed by atoms with Gasteiger partial charge in [0.15, 0.2) is 11.5 Å². The second-order valence-electron chi connectivity index (χ2n) is 8.68. The van der Waals surface area contributed by atoms with Crippen LogP contribution in [-0.4, -0.2) is 44.8 Å². The van der Waals surface area contributed by atoms with Crippen molar-refractivity contribution in [3.63, 3.8) is 0 Å². The Morgan fingerprint density at radius 3 is 2.81 bits per heavy atom. The summed E-state index contributed by atoms with van der Waals surface area (Å²) in [6.07, 6.45) is 6.64. The lowest BCUT2D eigenvalue weighted by Crippen LogP contribution is -2.49. The van der Waals surface area contributed by atoms with Gasteiger partial charge in [-0.2, -0.15) is 0 Å². The number of benzene rings is 1. The zero-order valence-corrected chi connectivity index (χ0v) is 16.8. The molecule has 3 aliphatic rings. The van der Waals surface area contributed by atoms with E-state index in [1.54, 1.807) is 7.11 Å². The summed E-state index contributed by atoms with van der Waals surface area (Å²) in [5, 5.41) is 0. The minimum atomic E-state index is 0.0812. The fourth-order valence-corrected chi connectivity index (χ4v) is 4.73. The number of rotatable bonds is 4. The lowest BCUT2D eigenvalue weighted by Gasteiger charge is -2.43. The summed E-state index contributed by atoms with van der Waals surface area (Å²) in [5.41, 5.74) is 3.77. The second kappa shape index (κ2) is 6.86. The van der Waals surface area contributed by atoms with Crippen molar-refractivity contribution < 1.29 is 23.5 Å². The third-order valence-corrected chi connectivity index (χ3v) is 6.57. The van der Waals surface area contributed by atoms with E-state index in [1.807, 2.05) is 0 Å². The number of ketones is 1. The summed E-state index contributed by atoms with van der Waals surface area (Å²) in [6, 6.07) is 2.17. The number of hydrogen-bond acceptors (Lipinski definition) is 4. The number of quaternary nitrogens is 1. The largest absolute Gasteiger partial charge is 0.492 e. The van der Waals surface area contributed by atoms with E-state index in [4.69, 9.17) is 14.2 Å². The van der Waals surface area contributed by atoms with Gasteiger partial charge < -0.3 is 18.7 Å². The number of fused-ring (bicyclic) bond motifs is 2. The van der Waals surface area contributed by atoms with E-state index in [1.165, 1.54) is 11.1 Å². The molecule has 27 heavy (non-hydrogen) atoms. The van der Waals surface area contributed by atoms with Crippen molar-refractivity contribution >= 4 is 5.78 Å². The van der Waals surface area contributed by atoms with Gasteiger partial charge in [0.2, 0.25) is 12.5 Å². The van der Waals surface area contributed by atoms with Crippen LogP contribution in [0.5, 0.6) is 17.2 Å². The summed E-state index contributed by atoms with van der Waals surface area (Å²) >= 11 is 0. The molecule has 1 aliphatic carbocycles. The predicted octanol–water partition coefficient (Wildman–Crippen LogP) is 3.80. The van der Waals surface area contributed by atoms with Gasteiger partial charge in [-0.25, -0.2) is 0 Å². The van der Waals surface area contributed by atoms with Gasteiger partial charge in [-0.3, -0.25) is 4.79 Å². The molecule has 5 heteroatoms. The molecule has 0 N–H and O–H groups in total. The maximum atomic E-state index is 13.2. The maximum absolute atomic E-state index is 13.2. The van der Waals surface area contributed by atoms with Crippen LogP contribution in [0.1, 0.15) is 49.8 Å². The Balaban J connectivity index is 1.69. The van der Waals surface area contributed by atoms with Gasteiger partial charge >= 0.3 is 0 Å². The van der Waals surface area contributed by atoms with Gasteiger partial charge in [-0.1, -0.05) is 11.6 Å². The smallest absolute Gasteiger partial charge is 0.231 e. The highest BCUT2D eigenvalue weighted by Crippen LogP contribution is 2.51. The van der Waals surface area contributed by atoms with E-state index in [0.717, 1.165) is 53.8 Å². The van der Waals surface area contributed by atoms with Gasteiger partial charge in [0.05, 0.1) is 39.7 Å². The average molecular weight is 372 g/mol. The minimum Gasteiger partial charge on any atom is -0.492 e. The predicted molar refractivity (Wildman–Crippen MR) is 103 cm³/mol. The lowest BCUT2D eigenvalue weighted by molar-refractivity contribution is -0.922. The molecule has 2 atom stereocenters. The number of likely N-dealkylation sites (N-methyl/N-ethyl adjacent to an activating group) is 1. The minimum absolute atomic E-state index is 0.0812. The van der Waals surface area contributed by atoms with Gasteiger partial charge in [0.1, 0.15) is 11.8 Å². The summed E-state index contributed by atoms with van der Waals surface area (Å²) in [5.74, 6) is 2.73. The van der Waals surface area contributed by atoms with Gasteiger partial charge in [0, 0.05) is 12.3 Å². The average Bonchev–Trinajstić information content (AvgIpc) is 3.11. The Hall–Kier alpha value is -2.01. The van der Waals surface area contributed by atoms with Crippen LogP contribution in [0.2, 0.25) is 0 Å². The molecule has 0 saturated heterocycles. The molecule has 2 heterocycles. The van der Waals surface area contributed by atoms with Gasteiger partial charge in [-0.05, 0) is 37.8 Å². The maximum Gasteiger partial charge on any atom is 0.231 e. The molecule has 2 unspecified atom stereocenters. The monoisotopic (exact) mass is 372 g/mol. The number of carbonyl (C=O) groups excluding carboxylic acids is 1. The van der Waals surface area contributed by atoms with Gasteiger partial charge in [0.25, 0.3) is 0 Å². The van der Waals surface area contributed by atoms with E-state index >= 15 is 0 Å². The van der Waals surface area contributed by atoms with Crippen molar-refractivity contribution in [3.8, 4) is 17.2 Å². The topological polar surface area (TPSA) is 44.8 Å². The van der Waals surface area contributed by atoms with Crippen LogP contribution in [0.3, 0.4) is 0 Å². The molecule has 146 valence electrons. The zero-order valence-electron chi connectivity index (χ0n) is 16.8. The number of hydrogen-bond donors (Lipinski definition) is 0. The van der Waals surface area contributed by atoms with E-state index in [0.29, 0.717) is 18.0 Å². The quantitative estimate of drug-likeness (QED) is 0.596. The van der Waals surface area contributed by atoms with Crippen molar-refractivity contribution in [1.29, 1.82) is 0 Å². The molecule has 0 radical (unpaired) electrons. The fraction of sp³-hybridized carbons (Fsp3) is 0.591. The molecule has 4 rings (SSSR count). The van der Waals surface area contributed by atoms with Crippen LogP contribution in [0.4, 0.5) is 0 Å². The number of methoxy groups -OCH3 is 1. The second-order valence-corrected chi connectivity index (χ2v) is 8.68. The third kappa shape index (κ3) is 3.22. The Labute approximate surface area is 161 Å². The fourth-order valence-electron chi connectivity index (χ4n) is 4.73. The van der Waals surface area contributed by atoms with Crippen LogP contribution in [0, 0.1) is 5.92 Å². The SMILES string of the molecule is COc1c2c(cc3c1C(CC(=O)C1CC=C(C)CC1)[N+](C)(C)CC3)OCO2. The molecule has 0 bridgehead atoms. The third-order valence-electron chi connectivity index (χ3n) is 6.57. The number of Topliss-reactive ketones (excluding diaryl/α,β-unsaturated/α-hetero) is 1. The van der Waals surface area contributed by atoms with E-state index in [9.17, 15) is 4.79 Å². The van der Waals surface area contributed by atoms with Crippen molar-refractivity contribution in [2.24, 2.45) is 5.92 Å². The number of allylic oxidation sites excluding steroid dienone is 2. The normalized spacial score (nSPS) is 25.6. The van der Waals surface area contributed by atoms with Crippen molar-refractivity contribution in [1.82, 2.24) is 0 Å². The molecule has 2 aliphatic heterocycles. The molecular formula is C22H30NO4+. The van der Waals surface area contributed by atoms with E-state index in [2.05, 4.69) is 33.2 Å². The highest BCUT2D eigenvalue weighted by Gasteiger charge is 2.43. The highest BCUT2D eigenvalue weighted by molar-refractivity contribution is 5.82. The molecule has 0 aromatic heterocycles. The summed E-state index contributed by atoms with van der Waals surface area (Å²) in [6.45, 7) is 3.38. The molecule has 1 aromatic rings. The Morgan fingerprint density at radius 1 is 1.30 bits per heavy atom. The molecule has 1 aromatic carbocycles. The van der Waals surface area contributed by atoms with Gasteiger partial charge in [-0.15, -0.1) is 0 Å². The first-order valence-corrected chi connectivity index (χ1v) is 9.91. The highest BCUT2D eigenvalue weighted by atomic mass is 16.7. The Bertz CT molecular complexity index is 796. The van der Waals surface area contributed by atoms with Crippen LogP contribution in [-0.2, 0) is 11.2 Å². The zero-order chi connectivity index (χ0) is 19.2. The van der Waals surface area contributed by atoms with E-state index in [-0.39, 0.29) is 18.8 Å². The first-order chi connectivity index (χ1) is 12.9. The molecule has 0 spiro atoms. The molecule has 5 nitrogen and oxygen atoms in total. The standard InChI is InChI=1S/C22H30NO4/c1-14-5-7-15(8-6-14)18(24)12-17-20-16(9-10-23(17,2)3)11-19-21(22(20)25-4)27-13-26-19/h5,11,15,17H,6-10,12-13H2,1-4H3/q+1. The Morgan fingerprint density at radius 2 is 2.11 bits per heavy atom. The molecule has 0 amide bonds. The van der Waals surface area contributed by atoms with Crippen LogP contribution in [0.25, 0.3) is 0 Å². The van der Waals surface area contributed by atoms with Crippen molar-refractivity contribution in [3.05, 3.63) is 28.8 Å². The van der Waals surface area contributed by atoms with Crippen LogP contribution < -0.4 is 14.2 Å². The summed E-state index contributed by atoms with van der Waals surface area (Å²) in [7, 11) is 6.12. The first kappa shape index (κ1) is 18.4. The number of ether oxygens (including phenoxy) is 3. The van der Waals surface area contributed by atoms with Crippen LogP contribution >= 0.6 is 0 Å². The lowest BCUT2D eigenvalue weighted by atomic mass is 9.81. The van der Waals surface area contributed by atoms with E-state index < -0.39 is 0 Å². The Kier molecular flexibility index (Phi) is 4.66. The van der Waals surface area contributed by atoms with Crippen molar-refractivity contribution in [2.45, 2.75) is 45.1 Å². The first-order valence-electron chi connectivity index (χ1n) is 9.91. The summed E-state index contributed by atoms with van der Waals surface area (Å²) in [4.78, 5) is 13.2. The van der Waals surface area contributed by atoms with Crippen LogP contribution in [0.15, 0.2) is 17.7 Å². The number of carbonyl (C=O) groups is 1. The molecule has 0 fully saturated rings. The summed E-state index contributed by atoms with van der Waals surface area (Å²) < 4.78 is 17.9. The number of nitrogens with zero attached hydrogens (tertiary/aromatic N) is 1. The molecule has 0 saturated carbocycles. The molecular weight excluding hydrogens is 342 g/mol.